The zero-order chi connectivity index (χ0) is 14.9. The van der Waals surface area contributed by atoms with Gasteiger partial charge in [-0.05, 0) is 18.2 Å². The number of rotatable bonds is 4. The van der Waals surface area contributed by atoms with E-state index in [4.69, 9.17) is 5.11 Å². The predicted octanol–water partition coefficient (Wildman–Crippen LogP) is 0.943. The summed E-state index contributed by atoms with van der Waals surface area (Å²) in [5.74, 6) is -1.19. The molecule has 1 heterocycles. The number of carboxylic acid groups (broad SMARTS) is 1. The predicted molar refractivity (Wildman–Crippen MR) is 72.2 cm³/mol. The standard InChI is InChI=1S/C12H13N3O4S/c1-14-11(7-8-13-14)20(18,19)15(2)10-6-4-3-5-9(10)12(16)17/h3-8H,1-2H3,(H,16,17). The van der Waals surface area contributed by atoms with Crippen molar-refractivity contribution >= 4 is 21.7 Å². The van der Waals surface area contributed by atoms with E-state index >= 15 is 0 Å². The Labute approximate surface area is 116 Å². The molecule has 20 heavy (non-hydrogen) atoms. The maximum Gasteiger partial charge on any atom is 0.337 e. The normalized spacial score (nSPS) is 11.3. The molecule has 0 amide bonds. The van der Waals surface area contributed by atoms with Gasteiger partial charge in [-0.1, -0.05) is 12.1 Å². The molecule has 0 aliphatic heterocycles. The number of para-hydroxylation sites is 1. The summed E-state index contributed by atoms with van der Waals surface area (Å²) in [5.41, 5.74) is 0.0157. The Hall–Kier alpha value is -2.35. The van der Waals surface area contributed by atoms with Gasteiger partial charge >= 0.3 is 5.97 Å². The van der Waals surface area contributed by atoms with Crippen LogP contribution in [0.1, 0.15) is 10.4 Å². The number of hydrogen-bond acceptors (Lipinski definition) is 4. The largest absolute Gasteiger partial charge is 0.478 e. The lowest BCUT2D eigenvalue weighted by molar-refractivity contribution is 0.0698. The van der Waals surface area contributed by atoms with Gasteiger partial charge in [0.15, 0.2) is 5.03 Å². The molecule has 8 heteroatoms. The second-order valence-corrected chi connectivity index (χ2v) is 6.00. The molecule has 1 N–H and O–H groups in total. The number of aromatic carboxylic acids is 1. The molecule has 1 aromatic heterocycles. The van der Waals surface area contributed by atoms with E-state index < -0.39 is 16.0 Å². The molecular weight excluding hydrogens is 282 g/mol. The molecule has 1 aromatic carbocycles. The maximum atomic E-state index is 12.5. The van der Waals surface area contributed by atoms with Gasteiger partial charge in [-0.2, -0.15) is 13.5 Å². The minimum Gasteiger partial charge on any atom is -0.478 e. The van der Waals surface area contributed by atoms with Crippen molar-refractivity contribution in [3.8, 4) is 0 Å². The Morgan fingerprint density at radius 3 is 2.50 bits per heavy atom. The summed E-state index contributed by atoms with van der Waals surface area (Å²) in [6.45, 7) is 0. The molecule has 0 aliphatic carbocycles. The number of sulfonamides is 1. The van der Waals surface area contributed by atoms with Crippen molar-refractivity contribution in [2.45, 2.75) is 5.03 Å². The van der Waals surface area contributed by atoms with Gasteiger partial charge in [0, 0.05) is 14.1 Å². The van der Waals surface area contributed by atoms with E-state index in [1.807, 2.05) is 0 Å². The van der Waals surface area contributed by atoms with Gasteiger partial charge in [-0.25, -0.2) is 4.79 Å². The van der Waals surface area contributed by atoms with Gasteiger partial charge in [-0.3, -0.25) is 8.99 Å². The zero-order valence-electron chi connectivity index (χ0n) is 10.9. The number of benzene rings is 1. The van der Waals surface area contributed by atoms with Gasteiger partial charge in [0.05, 0.1) is 17.4 Å². The second kappa shape index (κ2) is 4.97. The third kappa shape index (κ3) is 2.25. The molecule has 0 aliphatic rings. The minimum atomic E-state index is -3.86. The van der Waals surface area contributed by atoms with Crippen LogP contribution in [0.4, 0.5) is 5.69 Å². The summed E-state index contributed by atoms with van der Waals surface area (Å²) in [6, 6.07) is 7.27. The van der Waals surface area contributed by atoms with Gasteiger partial charge in [0.1, 0.15) is 0 Å². The molecular formula is C12H13N3O4S. The quantitative estimate of drug-likeness (QED) is 0.906. The van der Waals surface area contributed by atoms with Gasteiger partial charge in [-0.15, -0.1) is 0 Å². The molecule has 0 spiro atoms. The third-order valence-electron chi connectivity index (χ3n) is 2.87. The third-order valence-corrected chi connectivity index (χ3v) is 4.72. The molecule has 0 saturated carbocycles. The fourth-order valence-corrected chi connectivity index (χ4v) is 3.13. The van der Waals surface area contributed by atoms with E-state index in [0.29, 0.717) is 0 Å². The lowest BCUT2D eigenvalue weighted by Crippen LogP contribution is -2.29. The van der Waals surface area contributed by atoms with Crippen LogP contribution in [0.25, 0.3) is 0 Å². The molecule has 106 valence electrons. The molecule has 0 radical (unpaired) electrons. The topological polar surface area (TPSA) is 92.5 Å². The Morgan fingerprint density at radius 1 is 1.30 bits per heavy atom. The van der Waals surface area contributed by atoms with Crippen LogP contribution in [0.3, 0.4) is 0 Å². The van der Waals surface area contributed by atoms with Crippen molar-refractivity contribution in [1.29, 1.82) is 0 Å². The second-order valence-electron chi connectivity index (χ2n) is 4.09. The highest BCUT2D eigenvalue weighted by Crippen LogP contribution is 2.25. The number of carboxylic acids is 1. The minimum absolute atomic E-state index is 0.0137. The molecule has 7 nitrogen and oxygen atoms in total. The summed E-state index contributed by atoms with van der Waals surface area (Å²) in [6.07, 6.45) is 1.36. The number of hydrogen-bond donors (Lipinski definition) is 1. The van der Waals surface area contributed by atoms with Gasteiger partial charge < -0.3 is 5.11 Å². The Balaban J connectivity index is 2.55. The van der Waals surface area contributed by atoms with Gasteiger partial charge in [0.25, 0.3) is 10.0 Å². The lowest BCUT2D eigenvalue weighted by atomic mass is 10.2. The average Bonchev–Trinajstić information content (AvgIpc) is 2.84. The van der Waals surface area contributed by atoms with E-state index in [0.717, 1.165) is 4.31 Å². The highest BCUT2D eigenvalue weighted by Gasteiger charge is 2.27. The molecule has 2 rings (SSSR count). The zero-order valence-corrected chi connectivity index (χ0v) is 11.7. The Kier molecular flexibility index (Phi) is 3.49. The van der Waals surface area contributed by atoms with E-state index in [1.165, 1.54) is 49.2 Å². The smallest absolute Gasteiger partial charge is 0.337 e. The van der Waals surface area contributed by atoms with Gasteiger partial charge in [0.2, 0.25) is 0 Å². The van der Waals surface area contributed by atoms with E-state index in [-0.39, 0.29) is 16.3 Å². The van der Waals surface area contributed by atoms with Crippen LogP contribution in [0.2, 0.25) is 0 Å². The fraction of sp³-hybridized carbons (Fsp3) is 0.167. The monoisotopic (exact) mass is 295 g/mol. The van der Waals surface area contributed by atoms with Crippen LogP contribution in [-0.4, -0.2) is 36.3 Å². The van der Waals surface area contributed by atoms with Crippen LogP contribution in [0, 0.1) is 0 Å². The summed E-state index contributed by atoms with van der Waals surface area (Å²) in [4.78, 5) is 11.2. The molecule has 0 unspecified atom stereocenters. The van der Waals surface area contributed by atoms with Crippen LogP contribution >= 0.6 is 0 Å². The summed E-state index contributed by atoms with van der Waals surface area (Å²) in [7, 11) is -1.05. The number of anilines is 1. The Morgan fingerprint density at radius 2 is 1.95 bits per heavy atom. The van der Waals surface area contributed by atoms with Crippen molar-refractivity contribution in [3.05, 3.63) is 42.1 Å². The summed E-state index contributed by atoms with van der Waals surface area (Å²) < 4.78 is 27.1. The van der Waals surface area contributed by atoms with E-state index in [9.17, 15) is 13.2 Å². The fourth-order valence-electron chi connectivity index (χ4n) is 1.81. The number of aryl methyl sites for hydroxylation is 1. The Bertz CT molecular complexity index is 752. The molecule has 0 saturated heterocycles. The molecule has 0 atom stereocenters. The highest BCUT2D eigenvalue weighted by atomic mass is 32.2. The van der Waals surface area contributed by atoms with Crippen LogP contribution < -0.4 is 4.31 Å². The van der Waals surface area contributed by atoms with Crippen LogP contribution in [0.5, 0.6) is 0 Å². The van der Waals surface area contributed by atoms with Crippen molar-refractivity contribution in [1.82, 2.24) is 9.78 Å². The van der Waals surface area contributed by atoms with Crippen molar-refractivity contribution < 1.29 is 18.3 Å². The first-order chi connectivity index (χ1) is 9.35. The van der Waals surface area contributed by atoms with E-state index in [2.05, 4.69) is 5.10 Å². The van der Waals surface area contributed by atoms with E-state index in [1.54, 1.807) is 6.07 Å². The maximum absolute atomic E-state index is 12.5. The first kappa shape index (κ1) is 14.1. The first-order valence-electron chi connectivity index (χ1n) is 5.65. The van der Waals surface area contributed by atoms with Crippen molar-refractivity contribution in [2.75, 3.05) is 11.4 Å². The molecule has 0 bridgehead atoms. The number of nitrogens with zero attached hydrogens (tertiary/aromatic N) is 3. The van der Waals surface area contributed by atoms with Crippen molar-refractivity contribution in [2.24, 2.45) is 7.05 Å². The van der Waals surface area contributed by atoms with Crippen LogP contribution in [0.15, 0.2) is 41.6 Å². The molecule has 0 fully saturated rings. The highest BCUT2D eigenvalue weighted by molar-refractivity contribution is 7.92. The lowest BCUT2D eigenvalue weighted by Gasteiger charge is -2.20. The summed E-state index contributed by atoms with van der Waals surface area (Å²) in [5, 5.41) is 12.9. The number of aromatic nitrogens is 2. The molecule has 2 aromatic rings. The number of carbonyl (C=O) groups is 1. The summed E-state index contributed by atoms with van der Waals surface area (Å²) >= 11 is 0. The first-order valence-corrected chi connectivity index (χ1v) is 7.09. The van der Waals surface area contributed by atoms with Crippen molar-refractivity contribution in [3.63, 3.8) is 0 Å². The van der Waals surface area contributed by atoms with Crippen LogP contribution in [-0.2, 0) is 17.1 Å². The average molecular weight is 295 g/mol. The SMILES string of the molecule is CN(c1ccccc1C(=O)O)S(=O)(=O)c1ccnn1C.